The maximum Gasteiger partial charge on any atom is 0.0731 e. The average molecular weight is 330 g/mol. The van der Waals surface area contributed by atoms with Crippen molar-refractivity contribution in [2.45, 2.75) is 57.9 Å². The zero-order chi connectivity index (χ0) is 13.0. The Kier molecular flexibility index (Phi) is 5.71. The summed E-state index contributed by atoms with van der Waals surface area (Å²) in [7, 11) is 2.12. The van der Waals surface area contributed by atoms with Gasteiger partial charge in [0, 0.05) is 10.9 Å². The molecule has 0 saturated heterocycles. The molecule has 0 radical (unpaired) electrons. The van der Waals surface area contributed by atoms with E-state index in [1.165, 1.54) is 59.2 Å². The van der Waals surface area contributed by atoms with Gasteiger partial charge in [0.05, 0.1) is 3.79 Å². The van der Waals surface area contributed by atoms with Gasteiger partial charge in [0.15, 0.2) is 0 Å². The maximum absolute atomic E-state index is 3.66. The lowest BCUT2D eigenvalue weighted by Gasteiger charge is -2.27. The van der Waals surface area contributed by atoms with Crippen molar-refractivity contribution in [1.29, 1.82) is 0 Å². The van der Waals surface area contributed by atoms with Crippen LogP contribution in [0.15, 0.2) is 9.85 Å². The number of thiophene rings is 1. The Morgan fingerprint density at radius 3 is 2.33 bits per heavy atom. The van der Waals surface area contributed by atoms with Gasteiger partial charge in [-0.25, -0.2) is 0 Å². The summed E-state index contributed by atoms with van der Waals surface area (Å²) in [4.78, 5) is 1.51. The van der Waals surface area contributed by atoms with Gasteiger partial charge >= 0.3 is 0 Å². The Labute approximate surface area is 123 Å². The molecule has 1 aromatic heterocycles. The molecule has 1 nitrogen and oxygen atoms in total. The summed E-state index contributed by atoms with van der Waals surface area (Å²) in [6.07, 6.45) is 9.91. The van der Waals surface area contributed by atoms with Crippen LogP contribution in [-0.4, -0.2) is 7.05 Å². The van der Waals surface area contributed by atoms with E-state index in [0.717, 1.165) is 5.92 Å². The highest BCUT2D eigenvalue weighted by molar-refractivity contribution is 9.11. The molecule has 1 fully saturated rings. The molecule has 0 aromatic carbocycles. The number of hydrogen-bond acceptors (Lipinski definition) is 2. The minimum atomic E-state index is 0.554. The molecule has 0 bridgehead atoms. The molecule has 2 rings (SSSR count). The molecular weight excluding hydrogens is 306 g/mol. The van der Waals surface area contributed by atoms with E-state index >= 15 is 0 Å². The minimum Gasteiger partial charge on any atom is -0.312 e. The predicted molar refractivity (Wildman–Crippen MR) is 84.4 cm³/mol. The zero-order valence-electron chi connectivity index (χ0n) is 11.5. The maximum atomic E-state index is 3.66. The van der Waals surface area contributed by atoms with E-state index in [2.05, 4.69) is 41.3 Å². The third kappa shape index (κ3) is 3.58. The molecule has 0 aliphatic heterocycles. The highest BCUT2D eigenvalue weighted by Crippen LogP contribution is 2.38. The summed E-state index contributed by atoms with van der Waals surface area (Å²) in [5, 5.41) is 3.57. The Bertz CT molecular complexity index is 347. The van der Waals surface area contributed by atoms with E-state index in [0.29, 0.717) is 6.04 Å². The Hall–Kier alpha value is 0.140. The monoisotopic (exact) mass is 329 g/mol. The van der Waals surface area contributed by atoms with Gasteiger partial charge in [0.25, 0.3) is 0 Å². The van der Waals surface area contributed by atoms with Gasteiger partial charge in [-0.2, -0.15) is 0 Å². The number of nitrogens with one attached hydrogen (secondary N) is 1. The molecule has 1 unspecified atom stereocenters. The van der Waals surface area contributed by atoms with E-state index in [-0.39, 0.29) is 0 Å². The van der Waals surface area contributed by atoms with E-state index in [1.807, 2.05) is 11.3 Å². The fourth-order valence-electron chi connectivity index (χ4n) is 3.07. The van der Waals surface area contributed by atoms with Gasteiger partial charge in [-0.3, -0.25) is 0 Å². The quantitative estimate of drug-likeness (QED) is 0.778. The first-order valence-corrected chi connectivity index (χ1v) is 8.76. The van der Waals surface area contributed by atoms with Crippen molar-refractivity contribution in [3.8, 4) is 0 Å². The standard InChI is InChI=1S/C15H24BrNS/c1-11-10-13(18-15(11)16)14(17-2)12-8-6-4-3-5-7-9-12/h10,12,14,17H,3-9H2,1-2H3. The SMILES string of the molecule is CNC(c1cc(C)c(Br)s1)C1CCCCCCC1. The van der Waals surface area contributed by atoms with Crippen molar-refractivity contribution in [1.82, 2.24) is 5.32 Å². The van der Waals surface area contributed by atoms with Gasteiger partial charge in [-0.05, 0) is 60.3 Å². The topological polar surface area (TPSA) is 12.0 Å². The average Bonchev–Trinajstić information content (AvgIpc) is 2.62. The normalized spacial score (nSPS) is 20.4. The molecule has 18 heavy (non-hydrogen) atoms. The predicted octanol–water partition coefficient (Wildman–Crippen LogP) is 5.44. The summed E-state index contributed by atoms with van der Waals surface area (Å²) >= 11 is 5.56. The molecule has 1 N–H and O–H groups in total. The minimum absolute atomic E-state index is 0.554. The van der Waals surface area contributed by atoms with E-state index in [9.17, 15) is 0 Å². The molecular formula is C15H24BrNS. The first kappa shape index (κ1) is 14.5. The van der Waals surface area contributed by atoms with Crippen molar-refractivity contribution < 1.29 is 0 Å². The molecule has 3 heteroatoms. The summed E-state index contributed by atoms with van der Waals surface area (Å²) in [5.74, 6) is 0.820. The summed E-state index contributed by atoms with van der Waals surface area (Å²) in [6, 6.07) is 2.91. The van der Waals surface area contributed by atoms with E-state index in [1.54, 1.807) is 0 Å². The van der Waals surface area contributed by atoms with Crippen molar-refractivity contribution in [3.63, 3.8) is 0 Å². The van der Waals surface area contributed by atoms with Crippen LogP contribution in [0.2, 0.25) is 0 Å². The summed E-state index contributed by atoms with van der Waals surface area (Å²) < 4.78 is 1.29. The molecule has 1 saturated carbocycles. The highest BCUT2D eigenvalue weighted by atomic mass is 79.9. The van der Waals surface area contributed by atoms with Crippen molar-refractivity contribution in [2.75, 3.05) is 7.05 Å². The van der Waals surface area contributed by atoms with Crippen LogP contribution < -0.4 is 5.32 Å². The molecule has 0 amide bonds. The van der Waals surface area contributed by atoms with Crippen LogP contribution in [0.3, 0.4) is 0 Å². The van der Waals surface area contributed by atoms with Crippen molar-refractivity contribution in [2.24, 2.45) is 5.92 Å². The van der Waals surface area contributed by atoms with Crippen molar-refractivity contribution in [3.05, 3.63) is 20.3 Å². The Morgan fingerprint density at radius 1 is 1.22 bits per heavy atom. The van der Waals surface area contributed by atoms with Crippen molar-refractivity contribution >= 4 is 27.3 Å². The van der Waals surface area contributed by atoms with Crippen LogP contribution in [0.1, 0.15) is 61.4 Å². The third-order valence-corrected chi connectivity index (χ3v) is 6.33. The third-order valence-electron chi connectivity index (χ3n) is 4.12. The van der Waals surface area contributed by atoms with Crippen LogP contribution in [-0.2, 0) is 0 Å². The lowest BCUT2D eigenvalue weighted by atomic mass is 9.85. The van der Waals surface area contributed by atoms with E-state index in [4.69, 9.17) is 0 Å². The zero-order valence-corrected chi connectivity index (χ0v) is 13.9. The second kappa shape index (κ2) is 7.06. The number of halogens is 1. The number of rotatable bonds is 3. The fourth-order valence-corrected chi connectivity index (χ4v) is 4.84. The first-order valence-electron chi connectivity index (χ1n) is 7.15. The van der Waals surface area contributed by atoms with E-state index < -0.39 is 0 Å². The molecule has 1 atom stereocenters. The smallest absolute Gasteiger partial charge is 0.0731 e. The lowest BCUT2D eigenvalue weighted by Crippen LogP contribution is -2.25. The Morgan fingerprint density at radius 2 is 1.83 bits per heavy atom. The molecule has 1 aliphatic carbocycles. The molecule has 102 valence electrons. The lowest BCUT2D eigenvalue weighted by molar-refractivity contribution is 0.302. The van der Waals surface area contributed by atoms with Gasteiger partial charge < -0.3 is 5.32 Å². The van der Waals surface area contributed by atoms with Crippen LogP contribution >= 0.6 is 27.3 Å². The second-order valence-corrected chi connectivity index (χ2v) is 7.88. The summed E-state index contributed by atoms with van der Waals surface area (Å²) in [6.45, 7) is 2.19. The fraction of sp³-hybridized carbons (Fsp3) is 0.733. The van der Waals surface area contributed by atoms with Gasteiger partial charge in [-0.1, -0.05) is 32.1 Å². The number of aryl methyl sites for hydroxylation is 1. The summed E-state index contributed by atoms with van der Waals surface area (Å²) in [5.41, 5.74) is 1.38. The second-order valence-electron chi connectivity index (χ2n) is 5.48. The molecule has 0 spiro atoms. The van der Waals surface area contributed by atoms with Gasteiger partial charge in [-0.15, -0.1) is 11.3 Å². The van der Waals surface area contributed by atoms with Crippen LogP contribution in [0.25, 0.3) is 0 Å². The molecule has 1 aliphatic rings. The molecule has 1 heterocycles. The largest absolute Gasteiger partial charge is 0.312 e. The number of hydrogen-bond donors (Lipinski definition) is 1. The van der Waals surface area contributed by atoms with Crippen LogP contribution in [0, 0.1) is 12.8 Å². The highest BCUT2D eigenvalue weighted by Gasteiger charge is 2.24. The van der Waals surface area contributed by atoms with Gasteiger partial charge in [0.2, 0.25) is 0 Å². The first-order chi connectivity index (χ1) is 8.72. The van der Waals surface area contributed by atoms with Gasteiger partial charge in [0.1, 0.15) is 0 Å². The van der Waals surface area contributed by atoms with Crippen LogP contribution in [0.4, 0.5) is 0 Å². The molecule has 1 aromatic rings. The Balaban J connectivity index is 2.10. The van der Waals surface area contributed by atoms with Crippen LogP contribution in [0.5, 0.6) is 0 Å².